The van der Waals surface area contributed by atoms with Crippen molar-refractivity contribution in [2.45, 2.75) is 26.0 Å². The molecule has 5 heteroatoms. The van der Waals surface area contributed by atoms with E-state index in [0.717, 1.165) is 10.8 Å². The summed E-state index contributed by atoms with van der Waals surface area (Å²) in [5, 5.41) is 13.1. The molecule has 0 bridgehead atoms. The molecule has 2 rings (SSSR count). The summed E-state index contributed by atoms with van der Waals surface area (Å²) in [6.07, 6.45) is -0.780. The lowest BCUT2D eigenvalue weighted by Gasteiger charge is -2.17. The summed E-state index contributed by atoms with van der Waals surface area (Å²) < 4.78 is 5.67. The number of amides is 1. The van der Waals surface area contributed by atoms with Crippen molar-refractivity contribution in [3.8, 4) is 5.75 Å². The Morgan fingerprint density at radius 2 is 1.76 bits per heavy atom. The standard InChI is InChI=1S/C16H17NO4/c1-10(16(19)20)17-15(18)11(2)21-14-9-5-7-12-6-3-4-8-13(12)14/h3-11H,1-2H3,(H,17,18)(H,19,20). The van der Waals surface area contributed by atoms with Gasteiger partial charge in [-0.3, -0.25) is 9.59 Å². The van der Waals surface area contributed by atoms with Gasteiger partial charge >= 0.3 is 5.97 Å². The number of carboxylic acids is 1. The van der Waals surface area contributed by atoms with E-state index in [-0.39, 0.29) is 0 Å². The number of carboxylic acid groups (broad SMARTS) is 1. The van der Waals surface area contributed by atoms with Crippen molar-refractivity contribution in [3.63, 3.8) is 0 Å². The van der Waals surface area contributed by atoms with E-state index in [9.17, 15) is 9.59 Å². The Hall–Kier alpha value is -2.56. The van der Waals surface area contributed by atoms with Crippen LogP contribution in [0.5, 0.6) is 5.75 Å². The van der Waals surface area contributed by atoms with Gasteiger partial charge in [0.15, 0.2) is 6.10 Å². The van der Waals surface area contributed by atoms with Gasteiger partial charge in [0.05, 0.1) is 0 Å². The first-order chi connectivity index (χ1) is 9.99. The Balaban J connectivity index is 2.13. The number of carbonyl (C=O) groups excluding carboxylic acids is 1. The summed E-state index contributed by atoms with van der Waals surface area (Å²) in [4.78, 5) is 22.6. The van der Waals surface area contributed by atoms with E-state index in [0.29, 0.717) is 5.75 Å². The van der Waals surface area contributed by atoms with Crippen LogP contribution in [0.25, 0.3) is 10.8 Å². The second kappa shape index (κ2) is 6.26. The topological polar surface area (TPSA) is 75.6 Å². The van der Waals surface area contributed by atoms with E-state index >= 15 is 0 Å². The fourth-order valence-corrected chi connectivity index (χ4v) is 1.93. The Bertz CT molecular complexity index is 663. The quantitative estimate of drug-likeness (QED) is 0.884. The molecule has 2 atom stereocenters. The van der Waals surface area contributed by atoms with E-state index in [4.69, 9.17) is 9.84 Å². The molecule has 0 aliphatic rings. The average Bonchev–Trinajstić information content (AvgIpc) is 2.47. The van der Waals surface area contributed by atoms with Crippen LogP contribution in [0.4, 0.5) is 0 Å². The second-order valence-electron chi connectivity index (χ2n) is 4.81. The molecule has 110 valence electrons. The van der Waals surface area contributed by atoms with Crippen molar-refractivity contribution in [2.24, 2.45) is 0 Å². The smallest absolute Gasteiger partial charge is 0.325 e. The van der Waals surface area contributed by atoms with Gasteiger partial charge in [-0.1, -0.05) is 36.4 Å². The first kappa shape index (κ1) is 14.8. The number of rotatable bonds is 5. The van der Waals surface area contributed by atoms with E-state index in [1.807, 2.05) is 36.4 Å². The monoisotopic (exact) mass is 287 g/mol. The van der Waals surface area contributed by atoms with E-state index in [2.05, 4.69) is 5.32 Å². The summed E-state index contributed by atoms with van der Waals surface area (Å²) in [5.74, 6) is -0.947. The van der Waals surface area contributed by atoms with Crippen molar-refractivity contribution in [3.05, 3.63) is 42.5 Å². The molecule has 2 aromatic rings. The lowest BCUT2D eigenvalue weighted by molar-refractivity contribution is -0.142. The van der Waals surface area contributed by atoms with Gasteiger partial charge in [0.1, 0.15) is 11.8 Å². The highest BCUT2D eigenvalue weighted by Crippen LogP contribution is 2.25. The van der Waals surface area contributed by atoms with Gasteiger partial charge < -0.3 is 15.2 Å². The second-order valence-corrected chi connectivity index (χ2v) is 4.81. The van der Waals surface area contributed by atoms with E-state index in [1.165, 1.54) is 6.92 Å². The van der Waals surface area contributed by atoms with Crippen molar-refractivity contribution in [1.29, 1.82) is 0 Å². The molecule has 2 unspecified atom stereocenters. The SMILES string of the molecule is CC(NC(=O)C(C)Oc1cccc2ccccc12)C(=O)O. The number of fused-ring (bicyclic) bond motifs is 1. The first-order valence-electron chi connectivity index (χ1n) is 6.66. The van der Waals surface area contributed by atoms with Crippen LogP contribution >= 0.6 is 0 Å². The van der Waals surface area contributed by atoms with Crippen molar-refractivity contribution in [2.75, 3.05) is 0 Å². The molecule has 0 fully saturated rings. The lowest BCUT2D eigenvalue weighted by Crippen LogP contribution is -2.44. The van der Waals surface area contributed by atoms with Gasteiger partial charge in [-0.15, -0.1) is 0 Å². The number of hydrogen-bond acceptors (Lipinski definition) is 3. The summed E-state index contributed by atoms with van der Waals surface area (Å²) in [5.41, 5.74) is 0. The zero-order valence-electron chi connectivity index (χ0n) is 11.9. The largest absolute Gasteiger partial charge is 0.480 e. The normalized spacial score (nSPS) is 13.4. The molecule has 0 radical (unpaired) electrons. The molecule has 0 aliphatic carbocycles. The zero-order chi connectivity index (χ0) is 15.4. The van der Waals surface area contributed by atoms with Crippen LogP contribution in [0.15, 0.2) is 42.5 Å². The molecule has 2 aromatic carbocycles. The van der Waals surface area contributed by atoms with Crippen LogP contribution in [0.3, 0.4) is 0 Å². The molecule has 5 nitrogen and oxygen atoms in total. The van der Waals surface area contributed by atoms with E-state index < -0.39 is 24.0 Å². The van der Waals surface area contributed by atoms with Gasteiger partial charge in [0.25, 0.3) is 5.91 Å². The average molecular weight is 287 g/mol. The number of hydrogen-bond donors (Lipinski definition) is 2. The van der Waals surface area contributed by atoms with Crippen LogP contribution < -0.4 is 10.1 Å². The maximum atomic E-state index is 11.9. The molecule has 1 amide bonds. The van der Waals surface area contributed by atoms with Crippen molar-refractivity contribution < 1.29 is 19.4 Å². The maximum absolute atomic E-state index is 11.9. The van der Waals surface area contributed by atoms with Crippen molar-refractivity contribution >= 4 is 22.6 Å². The molecule has 21 heavy (non-hydrogen) atoms. The number of benzene rings is 2. The lowest BCUT2D eigenvalue weighted by atomic mass is 10.1. The third-order valence-corrected chi connectivity index (χ3v) is 3.15. The predicted molar refractivity (Wildman–Crippen MR) is 79.3 cm³/mol. The number of aliphatic carboxylic acids is 1. The molecule has 0 aromatic heterocycles. The Morgan fingerprint density at radius 3 is 2.48 bits per heavy atom. The first-order valence-corrected chi connectivity index (χ1v) is 6.66. The molecule has 0 saturated heterocycles. The van der Waals surface area contributed by atoms with Crippen LogP contribution in [0.1, 0.15) is 13.8 Å². The molecular formula is C16H17NO4. The summed E-state index contributed by atoms with van der Waals surface area (Å²) in [6.45, 7) is 3.00. The molecule has 2 N–H and O–H groups in total. The molecule has 0 heterocycles. The number of carbonyl (C=O) groups is 2. The molecule has 0 aliphatic heterocycles. The fraction of sp³-hybridized carbons (Fsp3) is 0.250. The highest BCUT2D eigenvalue weighted by Gasteiger charge is 2.20. The van der Waals surface area contributed by atoms with E-state index in [1.54, 1.807) is 13.0 Å². The maximum Gasteiger partial charge on any atom is 0.325 e. The molecule has 0 saturated carbocycles. The summed E-state index contributed by atoms with van der Waals surface area (Å²) in [7, 11) is 0. The number of ether oxygens (including phenoxy) is 1. The minimum absolute atomic E-state index is 0.460. The summed E-state index contributed by atoms with van der Waals surface area (Å²) in [6, 6.07) is 12.3. The fourth-order valence-electron chi connectivity index (χ4n) is 1.93. The molecular weight excluding hydrogens is 270 g/mol. The van der Waals surface area contributed by atoms with Gasteiger partial charge in [-0.05, 0) is 25.3 Å². The van der Waals surface area contributed by atoms with Crippen LogP contribution in [-0.4, -0.2) is 29.1 Å². The minimum Gasteiger partial charge on any atom is -0.480 e. The number of nitrogens with one attached hydrogen (secondary N) is 1. The van der Waals surface area contributed by atoms with Crippen LogP contribution in [0, 0.1) is 0 Å². The highest BCUT2D eigenvalue weighted by molar-refractivity contribution is 5.89. The minimum atomic E-state index is -1.08. The third-order valence-electron chi connectivity index (χ3n) is 3.15. The van der Waals surface area contributed by atoms with Crippen molar-refractivity contribution in [1.82, 2.24) is 5.32 Å². The van der Waals surface area contributed by atoms with Crippen LogP contribution in [0.2, 0.25) is 0 Å². The Labute approximate surface area is 122 Å². The zero-order valence-corrected chi connectivity index (χ0v) is 11.9. The van der Waals surface area contributed by atoms with Gasteiger partial charge in [0.2, 0.25) is 0 Å². The van der Waals surface area contributed by atoms with Gasteiger partial charge in [-0.2, -0.15) is 0 Å². The van der Waals surface area contributed by atoms with Gasteiger partial charge in [-0.25, -0.2) is 0 Å². The Kier molecular flexibility index (Phi) is 4.42. The van der Waals surface area contributed by atoms with Crippen LogP contribution in [-0.2, 0) is 9.59 Å². The third kappa shape index (κ3) is 3.51. The Morgan fingerprint density at radius 1 is 1.10 bits per heavy atom. The van der Waals surface area contributed by atoms with Gasteiger partial charge in [0, 0.05) is 5.39 Å². The predicted octanol–water partition coefficient (Wildman–Crippen LogP) is 2.20. The molecule has 0 spiro atoms. The summed E-state index contributed by atoms with van der Waals surface area (Å²) >= 11 is 0. The highest BCUT2D eigenvalue weighted by atomic mass is 16.5.